The van der Waals surface area contributed by atoms with Crippen LogP contribution in [0.15, 0.2) is 94.9 Å². The molecule has 0 aliphatic heterocycles. The van der Waals surface area contributed by atoms with Crippen molar-refractivity contribution in [1.29, 1.82) is 0 Å². The summed E-state index contributed by atoms with van der Waals surface area (Å²) in [5.41, 5.74) is 7.36. The van der Waals surface area contributed by atoms with Crippen LogP contribution in [0.5, 0.6) is 0 Å². The summed E-state index contributed by atoms with van der Waals surface area (Å²) in [6.07, 6.45) is 9.16. The van der Waals surface area contributed by atoms with Gasteiger partial charge >= 0.3 is 168 Å². The predicted molar refractivity (Wildman–Crippen MR) is 112 cm³/mol. The molecule has 3 aromatic rings. The summed E-state index contributed by atoms with van der Waals surface area (Å²) in [4.78, 5) is 0. The first-order valence-corrected chi connectivity index (χ1v) is 12.0. The first-order chi connectivity index (χ1) is 13.3. The topological polar surface area (TPSA) is 0 Å². The van der Waals surface area contributed by atoms with Crippen molar-refractivity contribution in [1.82, 2.24) is 0 Å². The standard InChI is InChI=1S/C13H9.C8H8.C5H5.2ClH.Ti/c1-3-7-12-10(5-1)9-11-6-2-4-8-13(11)12;1-2-8-6-4-3-5-7-8;1-2-4-5-3-1;;;/h1-5,7-8H,9H2;3-7H,1H3;1-3H,4H2;2*1H;/q;;;;;+2/p-2. The SMILES string of the molecule is C/[C](c1ccccc1)=[Ti+2](\[C]1=CC=CC1)[c]1cccc2c1Cc1ccccc1-2.[Cl-].[Cl-]. The summed E-state index contributed by atoms with van der Waals surface area (Å²) >= 11 is -1.78. The van der Waals surface area contributed by atoms with Crippen LogP contribution in [-0.4, -0.2) is 3.81 Å². The van der Waals surface area contributed by atoms with Crippen LogP contribution in [0.1, 0.15) is 30.0 Å². The van der Waals surface area contributed by atoms with Crippen LogP contribution < -0.4 is 28.7 Å². The predicted octanol–water partition coefficient (Wildman–Crippen LogP) is -0.406. The van der Waals surface area contributed by atoms with Gasteiger partial charge in [0.1, 0.15) is 0 Å². The molecule has 0 bridgehead atoms. The molecular formula is C26H22Cl2Ti. The van der Waals surface area contributed by atoms with Crippen molar-refractivity contribution in [2.45, 2.75) is 19.8 Å². The van der Waals surface area contributed by atoms with Crippen molar-refractivity contribution in [2.75, 3.05) is 0 Å². The monoisotopic (exact) mass is 452 g/mol. The fraction of sp³-hybridized carbons (Fsp3) is 0.115. The number of hydrogen-bond acceptors (Lipinski definition) is 0. The van der Waals surface area contributed by atoms with Gasteiger partial charge in [-0.05, 0) is 0 Å². The second kappa shape index (κ2) is 9.41. The van der Waals surface area contributed by atoms with E-state index in [0.29, 0.717) is 0 Å². The maximum Gasteiger partial charge on any atom is -1.00 e. The Kier molecular flexibility index (Phi) is 7.14. The van der Waals surface area contributed by atoms with E-state index >= 15 is 0 Å². The number of benzene rings is 3. The van der Waals surface area contributed by atoms with Gasteiger partial charge in [-0.3, -0.25) is 0 Å². The summed E-state index contributed by atoms with van der Waals surface area (Å²) in [5.74, 6) is 0. The molecule has 3 aromatic carbocycles. The molecule has 2 aliphatic carbocycles. The summed E-state index contributed by atoms with van der Waals surface area (Å²) < 4.78 is 4.91. The first kappa shape index (κ1) is 22.0. The average molecular weight is 453 g/mol. The van der Waals surface area contributed by atoms with Gasteiger partial charge in [0.2, 0.25) is 0 Å². The molecule has 5 rings (SSSR count). The smallest absolute Gasteiger partial charge is 1.00 e. The molecule has 0 nitrogen and oxygen atoms in total. The molecule has 0 saturated carbocycles. The van der Waals surface area contributed by atoms with Crippen molar-refractivity contribution in [3.63, 3.8) is 0 Å². The van der Waals surface area contributed by atoms with E-state index in [1.807, 2.05) is 0 Å². The fourth-order valence-electron chi connectivity index (χ4n) is 4.47. The Hall–Kier alpha value is -1.70. The van der Waals surface area contributed by atoms with E-state index in [1.165, 1.54) is 22.3 Å². The summed E-state index contributed by atoms with van der Waals surface area (Å²) in [5, 5.41) is 0. The third-order valence-electron chi connectivity index (χ3n) is 5.79. The molecule has 0 unspecified atom stereocenters. The molecule has 0 aromatic heterocycles. The van der Waals surface area contributed by atoms with Crippen molar-refractivity contribution in [2.24, 2.45) is 0 Å². The molecule has 3 heteroatoms. The molecule has 0 amide bonds. The normalized spacial score (nSPS) is 13.6. The summed E-state index contributed by atoms with van der Waals surface area (Å²) in [6.45, 7) is 2.38. The number of rotatable bonds is 3. The molecule has 2 aliphatic rings. The molecule has 0 saturated heterocycles. The molecule has 29 heavy (non-hydrogen) atoms. The molecule has 0 radical (unpaired) electrons. The minimum Gasteiger partial charge on any atom is -1.00 e. The maximum atomic E-state index is 2.42. The van der Waals surface area contributed by atoms with Gasteiger partial charge in [-0.2, -0.15) is 0 Å². The Labute approximate surface area is 191 Å². The molecule has 144 valence electrons. The summed E-state index contributed by atoms with van der Waals surface area (Å²) in [6, 6.07) is 27.0. The van der Waals surface area contributed by atoms with Crippen LogP contribution in [0.3, 0.4) is 0 Å². The van der Waals surface area contributed by atoms with Gasteiger partial charge in [0, 0.05) is 0 Å². The van der Waals surface area contributed by atoms with Gasteiger partial charge in [0.25, 0.3) is 0 Å². The van der Waals surface area contributed by atoms with Gasteiger partial charge in [-0.1, -0.05) is 0 Å². The molecule has 0 fully saturated rings. The van der Waals surface area contributed by atoms with Crippen molar-refractivity contribution in [3.8, 4) is 11.1 Å². The zero-order valence-corrected chi connectivity index (χ0v) is 19.4. The minimum atomic E-state index is -1.78. The van der Waals surface area contributed by atoms with E-state index in [4.69, 9.17) is 0 Å². The quantitative estimate of drug-likeness (QED) is 0.371. The number of halogens is 2. The van der Waals surface area contributed by atoms with Gasteiger partial charge in [0.15, 0.2) is 0 Å². The van der Waals surface area contributed by atoms with Crippen LogP contribution in [0.2, 0.25) is 0 Å². The summed E-state index contributed by atoms with van der Waals surface area (Å²) in [7, 11) is 0. The van der Waals surface area contributed by atoms with Gasteiger partial charge in [-0.15, -0.1) is 0 Å². The molecule has 0 heterocycles. The number of hydrogen-bond donors (Lipinski definition) is 0. The third-order valence-corrected chi connectivity index (χ3v) is 10.6. The maximum absolute atomic E-state index is 2.42. The van der Waals surface area contributed by atoms with Gasteiger partial charge < -0.3 is 24.8 Å². The number of fused-ring (bicyclic) bond motifs is 3. The molecule has 0 spiro atoms. The molecule has 0 atom stereocenters. The Bertz CT molecular complexity index is 1120. The van der Waals surface area contributed by atoms with E-state index in [2.05, 4.69) is 97.9 Å². The Morgan fingerprint density at radius 2 is 1.52 bits per heavy atom. The zero-order valence-electron chi connectivity index (χ0n) is 16.3. The van der Waals surface area contributed by atoms with E-state index in [0.717, 1.165) is 12.8 Å². The first-order valence-electron chi connectivity index (χ1n) is 9.66. The largest absolute Gasteiger partial charge is 1.00 e. The van der Waals surface area contributed by atoms with Crippen molar-refractivity contribution >= 4 is 7.68 Å². The van der Waals surface area contributed by atoms with Crippen molar-refractivity contribution in [3.05, 3.63) is 112 Å². The molecule has 0 N–H and O–H groups in total. The van der Waals surface area contributed by atoms with Crippen LogP contribution >= 0.6 is 0 Å². The van der Waals surface area contributed by atoms with Crippen LogP contribution in [0, 0.1) is 0 Å². The Morgan fingerprint density at radius 3 is 2.28 bits per heavy atom. The Morgan fingerprint density at radius 1 is 0.793 bits per heavy atom. The van der Waals surface area contributed by atoms with Crippen LogP contribution in [0.4, 0.5) is 0 Å². The zero-order chi connectivity index (χ0) is 18.2. The van der Waals surface area contributed by atoms with Gasteiger partial charge in [-0.25, -0.2) is 0 Å². The van der Waals surface area contributed by atoms with Crippen LogP contribution in [-0.2, 0) is 23.8 Å². The Balaban J connectivity index is 0.00000120. The second-order valence-electron chi connectivity index (χ2n) is 7.36. The van der Waals surface area contributed by atoms with Crippen molar-refractivity contribution < 1.29 is 42.2 Å². The van der Waals surface area contributed by atoms with E-state index in [1.54, 1.807) is 17.1 Å². The number of allylic oxidation sites excluding steroid dienone is 4. The molecular weight excluding hydrogens is 431 g/mol. The fourth-order valence-corrected chi connectivity index (χ4v) is 9.25. The van der Waals surface area contributed by atoms with E-state index < -0.39 is 17.4 Å². The van der Waals surface area contributed by atoms with Crippen LogP contribution in [0.25, 0.3) is 11.1 Å². The average Bonchev–Trinajstić information content (AvgIpc) is 3.37. The second-order valence-corrected chi connectivity index (χ2v) is 11.5. The van der Waals surface area contributed by atoms with Gasteiger partial charge in [0.05, 0.1) is 0 Å². The van der Waals surface area contributed by atoms with E-state index in [9.17, 15) is 0 Å². The minimum absolute atomic E-state index is 0. The third kappa shape index (κ3) is 4.00. The van der Waals surface area contributed by atoms with E-state index in [-0.39, 0.29) is 24.8 Å².